The lowest BCUT2D eigenvalue weighted by atomic mass is 10.1. The van der Waals surface area contributed by atoms with Gasteiger partial charge in [-0.1, -0.05) is 0 Å². The van der Waals surface area contributed by atoms with Crippen LogP contribution in [0.5, 0.6) is 0 Å². The standard InChI is InChI=1S/C9H12N2OS/c1-11-9(12)7-5-3-2-4-6(5)13-8(7)10/h2-4,10H2,1H3,(H,11,12). The van der Waals surface area contributed by atoms with E-state index in [1.807, 2.05) is 0 Å². The van der Waals surface area contributed by atoms with Crippen LogP contribution in [0.15, 0.2) is 0 Å². The van der Waals surface area contributed by atoms with E-state index in [0.717, 1.165) is 24.8 Å². The highest BCUT2D eigenvalue weighted by Crippen LogP contribution is 2.36. The fraction of sp³-hybridized carbons (Fsp3) is 0.444. The van der Waals surface area contributed by atoms with Gasteiger partial charge in [-0.3, -0.25) is 4.79 Å². The van der Waals surface area contributed by atoms with E-state index in [9.17, 15) is 4.79 Å². The molecule has 0 spiro atoms. The van der Waals surface area contributed by atoms with Gasteiger partial charge < -0.3 is 11.1 Å². The molecule has 0 saturated carbocycles. The van der Waals surface area contributed by atoms with E-state index < -0.39 is 0 Å². The van der Waals surface area contributed by atoms with Crippen molar-refractivity contribution in [2.75, 3.05) is 12.8 Å². The number of rotatable bonds is 1. The molecule has 0 atom stereocenters. The van der Waals surface area contributed by atoms with Gasteiger partial charge in [0.05, 0.1) is 10.6 Å². The van der Waals surface area contributed by atoms with E-state index in [2.05, 4.69) is 5.32 Å². The van der Waals surface area contributed by atoms with Crippen LogP contribution >= 0.6 is 11.3 Å². The molecule has 0 aromatic carbocycles. The van der Waals surface area contributed by atoms with Crippen LogP contribution in [0.25, 0.3) is 0 Å². The normalized spacial score (nSPS) is 14.2. The molecular weight excluding hydrogens is 184 g/mol. The smallest absolute Gasteiger partial charge is 0.254 e. The SMILES string of the molecule is CNC(=O)c1c(N)sc2c1CCC2. The van der Waals surface area contributed by atoms with Crippen molar-refractivity contribution in [2.45, 2.75) is 19.3 Å². The Labute approximate surface area is 80.9 Å². The lowest BCUT2D eigenvalue weighted by Crippen LogP contribution is -2.19. The van der Waals surface area contributed by atoms with E-state index >= 15 is 0 Å². The third-order valence-electron chi connectivity index (χ3n) is 2.40. The van der Waals surface area contributed by atoms with Crippen LogP contribution in [0.4, 0.5) is 5.00 Å². The first-order valence-corrected chi connectivity index (χ1v) is 5.17. The lowest BCUT2D eigenvalue weighted by molar-refractivity contribution is 0.0963. The van der Waals surface area contributed by atoms with E-state index in [4.69, 9.17) is 5.73 Å². The fourth-order valence-corrected chi connectivity index (χ4v) is 2.96. The third-order valence-corrected chi connectivity index (χ3v) is 3.52. The van der Waals surface area contributed by atoms with Gasteiger partial charge in [-0.15, -0.1) is 11.3 Å². The van der Waals surface area contributed by atoms with Crippen molar-refractivity contribution < 1.29 is 4.79 Å². The molecule has 70 valence electrons. The number of hydrogen-bond acceptors (Lipinski definition) is 3. The Hall–Kier alpha value is -1.03. The number of nitrogens with two attached hydrogens (primary N) is 1. The van der Waals surface area contributed by atoms with Gasteiger partial charge in [0.25, 0.3) is 5.91 Å². The Balaban J connectivity index is 2.50. The van der Waals surface area contributed by atoms with Gasteiger partial charge >= 0.3 is 0 Å². The Kier molecular flexibility index (Phi) is 2.00. The van der Waals surface area contributed by atoms with Gasteiger partial charge in [-0.05, 0) is 24.8 Å². The molecule has 1 aliphatic carbocycles. The summed E-state index contributed by atoms with van der Waals surface area (Å²) in [6.45, 7) is 0. The van der Waals surface area contributed by atoms with Gasteiger partial charge in [-0.25, -0.2) is 0 Å². The minimum atomic E-state index is -0.0445. The lowest BCUT2D eigenvalue weighted by Gasteiger charge is -2.00. The van der Waals surface area contributed by atoms with E-state index in [1.165, 1.54) is 10.4 Å². The van der Waals surface area contributed by atoms with Gasteiger partial charge in [0.15, 0.2) is 0 Å². The molecule has 2 rings (SSSR count). The maximum atomic E-state index is 11.5. The Morgan fingerprint density at radius 2 is 2.31 bits per heavy atom. The number of thiophene rings is 1. The molecule has 0 unspecified atom stereocenters. The predicted octanol–water partition coefficient (Wildman–Crippen LogP) is 1.18. The van der Waals surface area contributed by atoms with Crippen molar-refractivity contribution in [3.8, 4) is 0 Å². The first kappa shape index (κ1) is 8.56. The van der Waals surface area contributed by atoms with Gasteiger partial charge in [0.1, 0.15) is 0 Å². The summed E-state index contributed by atoms with van der Waals surface area (Å²) in [5.74, 6) is -0.0445. The van der Waals surface area contributed by atoms with Crippen LogP contribution in [0, 0.1) is 0 Å². The zero-order chi connectivity index (χ0) is 9.42. The summed E-state index contributed by atoms with van der Waals surface area (Å²) in [5.41, 5.74) is 7.69. The summed E-state index contributed by atoms with van der Waals surface area (Å²) in [5, 5.41) is 3.30. The maximum absolute atomic E-state index is 11.5. The minimum absolute atomic E-state index is 0.0445. The summed E-state index contributed by atoms with van der Waals surface area (Å²) in [4.78, 5) is 12.8. The highest BCUT2D eigenvalue weighted by molar-refractivity contribution is 7.16. The number of carbonyl (C=O) groups excluding carboxylic acids is 1. The molecule has 1 aromatic heterocycles. The van der Waals surface area contributed by atoms with Crippen molar-refractivity contribution in [1.29, 1.82) is 0 Å². The zero-order valence-corrected chi connectivity index (χ0v) is 8.33. The first-order chi connectivity index (χ1) is 6.24. The number of aryl methyl sites for hydroxylation is 1. The van der Waals surface area contributed by atoms with Crippen LogP contribution in [0.2, 0.25) is 0 Å². The number of nitrogen functional groups attached to an aromatic ring is 1. The summed E-state index contributed by atoms with van der Waals surface area (Å²) < 4.78 is 0. The molecule has 0 aliphatic heterocycles. The second kappa shape index (κ2) is 3.03. The average Bonchev–Trinajstić information content (AvgIpc) is 2.62. The topological polar surface area (TPSA) is 55.1 Å². The summed E-state index contributed by atoms with van der Waals surface area (Å²) in [7, 11) is 1.64. The molecule has 1 aliphatic rings. The fourth-order valence-electron chi connectivity index (χ4n) is 1.80. The number of hydrogen-bond donors (Lipinski definition) is 2. The number of anilines is 1. The van der Waals surface area contributed by atoms with Gasteiger partial charge in [-0.2, -0.15) is 0 Å². The van der Waals surface area contributed by atoms with Crippen LogP contribution < -0.4 is 11.1 Å². The Morgan fingerprint density at radius 3 is 3.00 bits per heavy atom. The largest absolute Gasteiger partial charge is 0.390 e. The highest BCUT2D eigenvalue weighted by Gasteiger charge is 2.24. The third kappa shape index (κ3) is 1.21. The molecule has 0 radical (unpaired) electrons. The first-order valence-electron chi connectivity index (χ1n) is 4.36. The molecule has 13 heavy (non-hydrogen) atoms. The van der Waals surface area contributed by atoms with Crippen LogP contribution in [-0.4, -0.2) is 13.0 Å². The molecule has 1 aromatic rings. The second-order valence-corrected chi connectivity index (χ2v) is 4.31. The number of nitrogens with one attached hydrogen (secondary N) is 1. The molecule has 3 nitrogen and oxygen atoms in total. The van der Waals surface area contributed by atoms with Crippen LogP contribution in [0.3, 0.4) is 0 Å². The molecule has 0 saturated heterocycles. The monoisotopic (exact) mass is 196 g/mol. The predicted molar refractivity (Wildman–Crippen MR) is 54.1 cm³/mol. The van der Waals surface area contributed by atoms with E-state index in [-0.39, 0.29) is 5.91 Å². The van der Waals surface area contributed by atoms with E-state index in [0.29, 0.717) is 5.00 Å². The molecule has 3 N–H and O–H groups in total. The maximum Gasteiger partial charge on any atom is 0.254 e. The number of fused-ring (bicyclic) bond motifs is 1. The minimum Gasteiger partial charge on any atom is -0.390 e. The van der Waals surface area contributed by atoms with Crippen LogP contribution in [-0.2, 0) is 12.8 Å². The highest BCUT2D eigenvalue weighted by atomic mass is 32.1. The van der Waals surface area contributed by atoms with Gasteiger partial charge in [0, 0.05) is 11.9 Å². The van der Waals surface area contributed by atoms with Gasteiger partial charge in [0.2, 0.25) is 0 Å². The quantitative estimate of drug-likeness (QED) is 0.708. The molecule has 0 bridgehead atoms. The van der Waals surface area contributed by atoms with Crippen molar-refractivity contribution in [3.05, 3.63) is 16.0 Å². The Morgan fingerprint density at radius 1 is 1.54 bits per heavy atom. The number of carbonyl (C=O) groups is 1. The van der Waals surface area contributed by atoms with E-state index in [1.54, 1.807) is 18.4 Å². The average molecular weight is 196 g/mol. The summed E-state index contributed by atoms with van der Waals surface area (Å²) in [6, 6.07) is 0. The van der Waals surface area contributed by atoms with Crippen molar-refractivity contribution in [2.24, 2.45) is 0 Å². The molecule has 1 heterocycles. The van der Waals surface area contributed by atoms with Crippen molar-refractivity contribution in [3.63, 3.8) is 0 Å². The molecule has 0 fully saturated rings. The number of amides is 1. The molecular formula is C9H12N2OS. The van der Waals surface area contributed by atoms with Crippen molar-refractivity contribution in [1.82, 2.24) is 5.32 Å². The van der Waals surface area contributed by atoms with Crippen molar-refractivity contribution >= 4 is 22.2 Å². The summed E-state index contributed by atoms with van der Waals surface area (Å²) >= 11 is 1.56. The Bertz CT molecular complexity index is 357. The van der Waals surface area contributed by atoms with Crippen LogP contribution in [0.1, 0.15) is 27.2 Å². The molecule has 1 amide bonds. The zero-order valence-electron chi connectivity index (χ0n) is 7.52. The molecule has 4 heteroatoms. The second-order valence-electron chi connectivity index (χ2n) is 3.18. The summed E-state index contributed by atoms with van der Waals surface area (Å²) in [6.07, 6.45) is 3.25.